The van der Waals surface area contributed by atoms with E-state index >= 15 is 0 Å². The molecule has 20 heavy (non-hydrogen) atoms. The first-order chi connectivity index (χ1) is 9.58. The summed E-state index contributed by atoms with van der Waals surface area (Å²) in [6, 6.07) is 5.36. The van der Waals surface area contributed by atoms with E-state index in [0.29, 0.717) is 36.6 Å². The van der Waals surface area contributed by atoms with Gasteiger partial charge in [-0.3, -0.25) is 4.79 Å². The number of aliphatic carboxylic acids is 1. The minimum atomic E-state index is -1.09. The molecule has 1 saturated heterocycles. The largest absolute Gasteiger partial charge is 0.479 e. The van der Waals surface area contributed by atoms with Gasteiger partial charge in [-0.05, 0) is 30.5 Å². The van der Waals surface area contributed by atoms with Crippen LogP contribution in [0.5, 0.6) is 0 Å². The first-order valence-corrected chi connectivity index (χ1v) is 6.82. The molecule has 6 heteroatoms. The Morgan fingerprint density at radius 3 is 2.40 bits per heavy atom. The summed E-state index contributed by atoms with van der Waals surface area (Å²) in [7, 11) is 0. The average molecular weight is 298 g/mol. The van der Waals surface area contributed by atoms with Crippen molar-refractivity contribution < 1.29 is 19.4 Å². The van der Waals surface area contributed by atoms with E-state index in [9.17, 15) is 14.7 Å². The standard InChI is InChI=1S/C14H16ClNO4/c15-11-3-1-9(2-4-11)12(14(18)19)16-13(17)10-5-7-20-8-6-10/h1-4,10,12H,5-8H2,(H,16,17)(H,18,19). The summed E-state index contributed by atoms with van der Waals surface area (Å²) in [5.74, 6) is -1.51. The molecule has 0 aromatic heterocycles. The predicted octanol–water partition coefficient (Wildman–Crippen LogP) is 2.01. The van der Waals surface area contributed by atoms with Crippen molar-refractivity contribution in [2.24, 2.45) is 5.92 Å². The molecule has 108 valence electrons. The maximum absolute atomic E-state index is 12.1. The highest BCUT2D eigenvalue weighted by Gasteiger charge is 2.27. The van der Waals surface area contributed by atoms with Crippen LogP contribution in [-0.2, 0) is 14.3 Å². The summed E-state index contributed by atoms with van der Waals surface area (Å²) in [5, 5.41) is 12.4. The van der Waals surface area contributed by atoms with Crippen molar-refractivity contribution in [1.82, 2.24) is 5.32 Å². The van der Waals surface area contributed by atoms with Crippen LogP contribution >= 0.6 is 11.6 Å². The lowest BCUT2D eigenvalue weighted by Crippen LogP contribution is -2.39. The molecule has 1 unspecified atom stereocenters. The van der Waals surface area contributed by atoms with Crippen molar-refractivity contribution in [3.8, 4) is 0 Å². The van der Waals surface area contributed by atoms with Gasteiger partial charge in [0.1, 0.15) is 0 Å². The number of halogens is 1. The van der Waals surface area contributed by atoms with Gasteiger partial charge in [0.25, 0.3) is 0 Å². The fourth-order valence-electron chi connectivity index (χ4n) is 2.16. The van der Waals surface area contributed by atoms with Crippen molar-refractivity contribution >= 4 is 23.5 Å². The third-order valence-electron chi connectivity index (χ3n) is 3.33. The Morgan fingerprint density at radius 1 is 1.25 bits per heavy atom. The number of carboxylic acids is 1. The monoisotopic (exact) mass is 297 g/mol. The van der Waals surface area contributed by atoms with E-state index in [1.807, 2.05) is 0 Å². The lowest BCUT2D eigenvalue weighted by Gasteiger charge is -2.23. The topological polar surface area (TPSA) is 75.6 Å². The Morgan fingerprint density at radius 2 is 1.85 bits per heavy atom. The van der Waals surface area contributed by atoms with Crippen LogP contribution in [0.15, 0.2) is 24.3 Å². The maximum Gasteiger partial charge on any atom is 0.330 e. The number of ether oxygens (including phenoxy) is 1. The molecule has 0 bridgehead atoms. The second kappa shape index (κ2) is 6.72. The van der Waals surface area contributed by atoms with Crippen LogP contribution < -0.4 is 5.32 Å². The van der Waals surface area contributed by atoms with Gasteiger partial charge in [0.2, 0.25) is 5.91 Å². The molecule has 2 N–H and O–H groups in total. The molecular formula is C14H16ClNO4. The number of hydrogen-bond donors (Lipinski definition) is 2. The van der Waals surface area contributed by atoms with Crippen LogP contribution in [0.2, 0.25) is 5.02 Å². The summed E-state index contributed by atoms with van der Waals surface area (Å²) < 4.78 is 5.19. The normalized spacial score (nSPS) is 17.4. The summed E-state index contributed by atoms with van der Waals surface area (Å²) in [6.45, 7) is 1.08. The first-order valence-electron chi connectivity index (χ1n) is 6.44. The summed E-state index contributed by atoms with van der Waals surface area (Å²) in [6.07, 6.45) is 1.25. The third kappa shape index (κ3) is 3.71. The molecule has 1 aliphatic rings. The number of carboxylic acid groups (broad SMARTS) is 1. The first kappa shape index (κ1) is 14.8. The number of rotatable bonds is 4. The Hall–Kier alpha value is -1.59. The second-order valence-electron chi connectivity index (χ2n) is 4.72. The van der Waals surface area contributed by atoms with Crippen LogP contribution in [0.25, 0.3) is 0 Å². The number of carbonyl (C=O) groups excluding carboxylic acids is 1. The lowest BCUT2D eigenvalue weighted by atomic mass is 9.98. The van der Waals surface area contributed by atoms with E-state index in [1.54, 1.807) is 24.3 Å². The molecule has 2 rings (SSSR count). The Labute approximate surface area is 121 Å². The Balaban J connectivity index is 2.07. The smallest absolute Gasteiger partial charge is 0.330 e. The van der Waals surface area contributed by atoms with Crippen LogP contribution in [-0.4, -0.2) is 30.2 Å². The zero-order chi connectivity index (χ0) is 14.5. The van der Waals surface area contributed by atoms with Gasteiger partial charge in [-0.25, -0.2) is 4.79 Å². The summed E-state index contributed by atoms with van der Waals surface area (Å²) in [5.41, 5.74) is 0.502. The molecule has 0 aliphatic carbocycles. The van der Waals surface area contributed by atoms with Crippen LogP contribution in [0.3, 0.4) is 0 Å². The minimum absolute atomic E-state index is 0.182. The van der Waals surface area contributed by atoms with Gasteiger partial charge in [-0.15, -0.1) is 0 Å². The fraction of sp³-hybridized carbons (Fsp3) is 0.429. The molecule has 0 spiro atoms. The van der Waals surface area contributed by atoms with Crippen molar-refractivity contribution in [3.63, 3.8) is 0 Å². The number of carbonyl (C=O) groups is 2. The number of hydrogen-bond acceptors (Lipinski definition) is 3. The van der Waals surface area contributed by atoms with Gasteiger partial charge in [-0.2, -0.15) is 0 Å². The highest BCUT2D eigenvalue weighted by Crippen LogP contribution is 2.20. The molecule has 5 nitrogen and oxygen atoms in total. The maximum atomic E-state index is 12.1. The molecule has 0 radical (unpaired) electrons. The lowest BCUT2D eigenvalue weighted by molar-refractivity contribution is -0.143. The predicted molar refractivity (Wildman–Crippen MR) is 73.5 cm³/mol. The van der Waals surface area contributed by atoms with Crippen LogP contribution in [0.1, 0.15) is 24.4 Å². The fourth-order valence-corrected chi connectivity index (χ4v) is 2.29. The second-order valence-corrected chi connectivity index (χ2v) is 5.15. The van der Waals surface area contributed by atoms with Crippen molar-refractivity contribution in [2.75, 3.05) is 13.2 Å². The molecule has 1 amide bonds. The van der Waals surface area contributed by atoms with E-state index in [1.165, 1.54) is 0 Å². The number of benzene rings is 1. The van der Waals surface area contributed by atoms with Crippen LogP contribution in [0, 0.1) is 5.92 Å². The van der Waals surface area contributed by atoms with Gasteiger partial charge >= 0.3 is 5.97 Å². The van der Waals surface area contributed by atoms with E-state index in [4.69, 9.17) is 16.3 Å². The quantitative estimate of drug-likeness (QED) is 0.891. The van der Waals surface area contributed by atoms with E-state index in [2.05, 4.69) is 5.32 Å². The van der Waals surface area contributed by atoms with Gasteiger partial charge in [-0.1, -0.05) is 23.7 Å². The Kier molecular flexibility index (Phi) is 4.98. The third-order valence-corrected chi connectivity index (χ3v) is 3.58. The SMILES string of the molecule is O=C(NC(C(=O)O)c1ccc(Cl)cc1)C1CCOCC1. The van der Waals surface area contributed by atoms with Crippen molar-refractivity contribution in [3.05, 3.63) is 34.9 Å². The molecule has 1 aromatic carbocycles. The van der Waals surface area contributed by atoms with Gasteiger partial charge in [0.15, 0.2) is 6.04 Å². The highest BCUT2D eigenvalue weighted by molar-refractivity contribution is 6.30. The van der Waals surface area contributed by atoms with Gasteiger partial charge < -0.3 is 15.2 Å². The van der Waals surface area contributed by atoms with Gasteiger partial charge in [0.05, 0.1) is 0 Å². The molecule has 1 heterocycles. The van der Waals surface area contributed by atoms with Crippen LogP contribution in [0.4, 0.5) is 0 Å². The van der Waals surface area contributed by atoms with Crippen molar-refractivity contribution in [2.45, 2.75) is 18.9 Å². The zero-order valence-corrected chi connectivity index (χ0v) is 11.6. The van der Waals surface area contributed by atoms with E-state index in [0.717, 1.165) is 0 Å². The molecular weight excluding hydrogens is 282 g/mol. The number of amides is 1. The molecule has 1 atom stereocenters. The highest BCUT2D eigenvalue weighted by atomic mass is 35.5. The minimum Gasteiger partial charge on any atom is -0.479 e. The van der Waals surface area contributed by atoms with E-state index in [-0.39, 0.29) is 11.8 Å². The van der Waals surface area contributed by atoms with Gasteiger partial charge in [0, 0.05) is 24.2 Å². The summed E-state index contributed by atoms with van der Waals surface area (Å²) >= 11 is 5.77. The molecule has 0 saturated carbocycles. The average Bonchev–Trinajstić information content (AvgIpc) is 2.46. The zero-order valence-electron chi connectivity index (χ0n) is 10.8. The molecule has 1 aromatic rings. The summed E-state index contributed by atoms with van der Waals surface area (Å²) in [4.78, 5) is 23.4. The number of nitrogens with one attached hydrogen (secondary N) is 1. The van der Waals surface area contributed by atoms with E-state index < -0.39 is 12.0 Å². The Bertz CT molecular complexity index is 482. The van der Waals surface area contributed by atoms with Crippen molar-refractivity contribution in [1.29, 1.82) is 0 Å². The molecule has 1 fully saturated rings. The molecule has 1 aliphatic heterocycles.